The van der Waals surface area contributed by atoms with E-state index in [9.17, 15) is 18.3 Å². The third-order valence-corrected chi connectivity index (χ3v) is 7.53. The van der Waals surface area contributed by atoms with E-state index in [1.807, 2.05) is 13.0 Å². The minimum Gasteiger partial charge on any atom is -0.395 e. The number of nitrogens with zero attached hydrogens (tertiary/aromatic N) is 1. The van der Waals surface area contributed by atoms with Crippen molar-refractivity contribution in [2.45, 2.75) is 30.7 Å². The molecule has 0 aromatic heterocycles. The first kappa shape index (κ1) is 20.0. The van der Waals surface area contributed by atoms with Crippen LogP contribution in [0.1, 0.15) is 28.8 Å². The van der Waals surface area contributed by atoms with Crippen molar-refractivity contribution >= 4 is 37.5 Å². The van der Waals surface area contributed by atoms with Gasteiger partial charge in [-0.2, -0.15) is 4.31 Å². The predicted octanol–water partition coefficient (Wildman–Crippen LogP) is 3.16. The zero-order valence-electron chi connectivity index (χ0n) is 14.9. The summed E-state index contributed by atoms with van der Waals surface area (Å²) in [6.45, 7) is 2.13. The minimum atomic E-state index is -3.65. The highest BCUT2D eigenvalue weighted by Crippen LogP contribution is 2.26. The van der Waals surface area contributed by atoms with Crippen LogP contribution in [0, 0.1) is 6.92 Å². The lowest BCUT2D eigenvalue weighted by molar-refractivity contribution is 0.102. The minimum absolute atomic E-state index is 0.153. The molecule has 1 unspecified atom stereocenters. The van der Waals surface area contributed by atoms with E-state index in [0.29, 0.717) is 24.2 Å². The molecule has 6 nitrogen and oxygen atoms in total. The van der Waals surface area contributed by atoms with Crippen molar-refractivity contribution < 1.29 is 18.3 Å². The number of carbonyl (C=O) groups is 1. The maximum absolute atomic E-state index is 12.8. The van der Waals surface area contributed by atoms with Crippen LogP contribution in [0.25, 0.3) is 0 Å². The molecule has 0 spiro atoms. The molecule has 1 heterocycles. The molecular weight excluding hydrogens is 432 g/mol. The van der Waals surface area contributed by atoms with Gasteiger partial charge in [-0.15, -0.1) is 0 Å². The fourth-order valence-corrected chi connectivity index (χ4v) is 5.07. The lowest BCUT2D eigenvalue weighted by Gasteiger charge is -2.22. The first-order valence-corrected chi connectivity index (χ1v) is 10.9. The summed E-state index contributed by atoms with van der Waals surface area (Å²) in [6, 6.07) is 11.0. The topological polar surface area (TPSA) is 86.7 Å². The monoisotopic (exact) mass is 452 g/mol. The van der Waals surface area contributed by atoms with Gasteiger partial charge in [-0.25, -0.2) is 8.42 Å². The van der Waals surface area contributed by atoms with E-state index in [1.165, 1.54) is 16.4 Å². The molecule has 1 atom stereocenters. The van der Waals surface area contributed by atoms with E-state index < -0.39 is 10.0 Å². The highest BCUT2D eigenvalue weighted by Gasteiger charge is 2.34. The molecular formula is C19H21BrN2O4S. The summed E-state index contributed by atoms with van der Waals surface area (Å²) >= 11 is 3.40. The van der Waals surface area contributed by atoms with Crippen LogP contribution < -0.4 is 5.32 Å². The van der Waals surface area contributed by atoms with Crippen molar-refractivity contribution in [1.82, 2.24) is 4.31 Å². The third-order valence-electron chi connectivity index (χ3n) is 4.67. The zero-order valence-corrected chi connectivity index (χ0v) is 17.3. The maximum Gasteiger partial charge on any atom is 0.255 e. The zero-order chi connectivity index (χ0) is 19.6. The number of benzene rings is 2. The lowest BCUT2D eigenvalue weighted by atomic mass is 10.1. The Bertz CT molecular complexity index is 945. The lowest BCUT2D eigenvalue weighted by Crippen LogP contribution is -2.37. The highest BCUT2D eigenvalue weighted by atomic mass is 79.9. The van der Waals surface area contributed by atoms with Gasteiger partial charge < -0.3 is 10.4 Å². The van der Waals surface area contributed by atoms with E-state index in [2.05, 4.69) is 21.2 Å². The SMILES string of the molecule is Cc1cc(C(=O)Nc2ccc(S(=O)(=O)N3CCCC3CO)cc2)ccc1Br. The second-order valence-electron chi connectivity index (χ2n) is 6.54. The van der Waals surface area contributed by atoms with Gasteiger partial charge in [0, 0.05) is 28.3 Å². The van der Waals surface area contributed by atoms with Gasteiger partial charge in [0.15, 0.2) is 0 Å². The van der Waals surface area contributed by atoms with Crippen molar-refractivity contribution in [3.05, 3.63) is 58.1 Å². The molecule has 0 saturated carbocycles. The third kappa shape index (κ3) is 4.24. The summed E-state index contributed by atoms with van der Waals surface area (Å²) in [6.07, 6.45) is 1.40. The molecule has 0 bridgehead atoms. The standard InChI is InChI=1S/C19H21BrN2O4S/c1-13-11-14(4-9-18(13)20)19(24)21-15-5-7-17(8-6-15)27(25,26)22-10-2-3-16(22)12-23/h4-9,11,16,23H,2-3,10,12H2,1H3,(H,21,24). The molecule has 0 radical (unpaired) electrons. The van der Waals surface area contributed by atoms with E-state index in [4.69, 9.17) is 0 Å². The van der Waals surface area contributed by atoms with Crippen molar-refractivity contribution in [3.63, 3.8) is 0 Å². The molecule has 8 heteroatoms. The predicted molar refractivity (Wildman–Crippen MR) is 107 cm³/mol. The molecule has 0 aliphatic carbocycles. The number of carbonyl (C=O) groups excluding carboxylic acids is 1. The Kier molecular flexibility index (Phi) is 6.00. The molecule has 1 fully saturated rings. The van der Waals surface area contributed by atoms with Gasteiger partial charge in [-0.1, -0.05) is 15.9 Å². The number of hydrogen-bond donors (Lipinski definition) is 2. The Morgan fingerprint density at radius 2 is 1.96 bits per heavy atom. The molecule has 1 saturated heterocycles. The van der Waals surface area contributed by atoms with Gasteiger partial charge in [-0.05, 0) is 67.8 Å². The Morgan fingerprint density at radius 3 is 2.59 bits per heavy atom. The average molecular weight is 453 g/mol. The van der Waals surface area contributed by atoms with Crippen molar-refractivity contribution in [1.29, 1.82) is 0 Å². The number of amides is 1. The first-order chi connectivity index (χ1) is 12.8. The summed E-state index contributed by atoms with van der Waals surface area (Å²) < 4.78 is 27.8. The van der Waals surface area contributed by atoms with Crippen LogP contribution in [-0.2, 0) is 10.0 Å². The molecule has 2 aromatic carbocycles. The number of sulfonamides is 1. The van der Waals surface area contributed by atoms with Gasteiger partial charge in [0.05, 0.1) is 11.5 Å². The molecule has 1 aliphatic heterocycles. The molecule has 1 aliphatic rings. The number of halogens is 1. The molecule has 2 N–H and O–H groups in total. The smallest absolute Gasteiger partial charge is 0.255 e. The van der Waals surface area contributed by atoms with Crippen LogP contribution in [0.5, 0.6) is 0 Å². The Hall–Kier alpha value is -1.74. The summed E-state index contributed by atoms with van der Waals surface area (Å²) in [5.41, 5.74) is 1.99. The van der Waals surface area contributed by atoms with Crippen LogP contribution in [0.3, 0.4) is 0 Å². The maximum atomic E-state index is 12.8. The number of aryl methyl sites for hydroxylation is 1. The van der Waals surface area contributed by atoms with Gasteiger partial charge in [0.1, 0.15) is 0 Å². The van der Waals surface area contributed by atoms with Crippen LogP contribution in [0.2, 0.25) is 0 Å². The number of aliphatic hydroxyl groups is 1. The van der Waals surface area contributed by atoms with E-state index in [1.54, 1.807) is 24.3 Å². The number of rotatable bonds is 5. The largest absolute Gasteiger partial charge is 0.395 e. The quantitative estimate of drug-likeness (QED) is 0.729. The normalized spacial score (nSPS) is 17.8. The average Bonchev–Trinajstić information content (AvgIpc) is 3.14. The van der Waals surface area contributed by atoms with Crippen LogP contribution in [0.4, 0.5) is 5.69 Å². The van der Waals surface area contributed by atoms with Crippen LogP contribution in [-0.4, -0.2) is 42.9 Å². The van der Waals surface area contributed by atoms with Gasteiger partial charge in [0.25, 0.3) is 5.91 Å². The summed E-state index contributed by atoms with van der Waals surface area (Å²) in [7, 11) is -3.65. The van der Waals surface area contributed by atoms with Gasteiger partial charge in [0.2, 0.25) is 10.0 Å². The van der Waals surface area contributed by atoms with Gasteiger partial charge in [-0.3, -0.25) is 4.79 Å². The Balaban J connectivity index is 1.75. The van der Waals surface area contributed by atoms with E-state index in [-0.39, 0.29) is 23.5 Å². The molecule has 2 aromatic rings. The molecule has 27 heavy (non-hydrogen) atoms. The van der Waals surface area contributed by atoms with E-state index >= 15 is 0 Å². The fourth-order valence-electron chi connectivity index (χ4n) is 3.14. The summed E-state index contributed by atoms with van der Waals surface area (Å²) in [5, 5.41) is 12.1. The van der Waals surface area contributed by atoms with Crippen molar-refractivity contribution in [2.75, 3.05) is 18.5 Å². The first-order valence-electron chi connectivity index (χ1n) is 8.63. The summed E-state index contributed by atoms with van der Waals surface area (Å²) in [5.74, 6) is -0.263. The van der Waals surface area contributed by atoms with E-state index in [0.717, 1.165) is 16.5 Å². The highest BCUT2D eigenvalue weighted by molar-refractivity contribution is 9.10. The Labute approximate surface area is 167 Å². The second kappa shape index (κ2) is 8.10. The van der Waals surface area contributed by atoms with Crippen molar-refractivity contribution in [3.8, 4) is 0 Å². The molecule has 3 rings (SSSR count). The number of anilines is 1. The van der Waals surface area contributed by atoms with Crippen LogP contribution in [0.15, 0.2) is 51.8 Å². The molecule has 144 valence electrons. The number of hydrogen-bond acceptors (Lipinski definition) is 4. The summed E-state index contributed by atoms with van der Waals surface area (Å²) in [4.78, 5) is 12.5. The Morgan fingerprint density at radius 1 is 1.26 bits per heavy atom. The van der Waals surface area contributed by atoms with Crippen LogP contribution >= 0.6 is 15.9 Å². The number of aliphatic hydroxyl groups excluding tert-OH is 1. The van der Waals surface area contributed by atoms with Crippen molar-refractivity contribution in [2.24, 2.45) is 0 Å². The van der Waals surface area contributed by atoms with Gasteiger partial charge >= 0.3 is 0 Å². The molecule has 1 amide bonds. The number of nitrogens with one attached hydrogen (secondary N) is 1. The second-order valence-corrected chi connectivity index (χ2v) is 9.28. The fraction of sp³-hybridized carbons (Fsp3) is 0.316.